The molecule has 0 aliphatic rings. The lowest BCUT2D eigenvalue weighted by atomic mass is 10.0. The molecule has 0 saturated carbocycles. The Kier molecular flexibility index (Phi) is 3.97. The van der Waals surface area contributed by atoms with E-state index >= 15 is 0 Å². The number of carboxylic acid groups (broad SMARTS) is 1. The topological polar surface area (TPSA) is 54.4 Å². The second kappa shape index (κ2) is 5.67. The fourth-order valence-corrected chi connectivity index (χ4v) is 1.86. The molecule has 0 bridgehead atoms. The van der Waals surface area contributed by atoms with Crippen molar-refractivity contribution in [3.8, 4) is 11.1 Å². The van der Waals surface area contributed by atoms with Crippen LogP contribution in [-0.4, -0.2) is 16.9 Å². The minimum absolute atomic E-state index is 0.393. The van der Waals surface area contributed by atoms with Crippen molar-refractivity contribution in [1.82, 2.24) is 0 Å². The second-order valence-electron chi connectivity index (χ2n) is 4.08. The van der Waals surface area contributed by atoms with E-state index in [4.69, 9.17) is 16.7 Å². The van der Waals surface area contributed by atoms with Gasteiger partial charge in [-0.15, -0.1) is 0 Å². The quantitative estimate of drug-likeness (QED) is 0.684. The summed E-state index contributed by atoms with van der Waals surface area (Å²) in [7, 11) is 0. The zero-order valence-electron chi connectivity index (χ0n) is 9.97. The van der Waals surface area contributed by atoms with E-state index in [2.05, 4.69) is 0 Å². The Morgan fingerprint density at radius 2 is 1.37 bits per heavy atom. The highest BCUT2D eigenvalue weighted by atomic mass is 35.5. The fourth-order valence-electron chi connectivity index (χ4n) is 1.73. The van der Waals surface area contributed by atoms with Crippen molar-refractivity contribution >= 4 is 23.4 Å². The van der Waals surface area contributed by atoms with Gasteiger partial charge in [0.2, 0.25) is 0 Å². The Morgan fingerprint density at radius 3 is 1.84 bits per heavy atom. The summed E-state index contributed by atoms with van der Waals surface area (Å²) >= 11 is 5.81. The third kappa shape index (κ3) is 3.42. The molecule has 0 atom stereocenters. The lowest BCUT2D eigenvalue weighted by Gasteiger charge is -2.03. The van der Waals surface area contributed by atoms with Gasteiger partial charge >= 0.3 is 5.97 Å². The van der Waals surface area contributed by atoms with Gasteiger partial charge < -0.3 is 5.11 Å². The van der Waals surface area contributed by atoms with Crippen molar-refractivity contribution < 1.29 is 14.7 Å². The molecule has 96 valence electrons. The molecule has 0 heterocycles. The number of carboxylic acids is 1. The number of rotatable bonds is 4. The molecule has 0 radical (unpaired) electrons. The molecule has 1 N–H and O–H groups in total. The van der Waals surface area contributed by atoms with E-state index in [1.165, 1.54) is 0 Å². The maximum atomic E-state index is 11.5. The van der Waals surface area contributed by atoms with Gasteiger partial charge in [0.15, 0.2) is 5.78 Å². The van der Waals surface area contributed by atoms with Crippen molar-refractivity contribution in [3.63, 3.8) is 0 Å². The predicted octanol–water partition coefficient (Wildman–Crippen LogP) is 3.66. The number of aliphatic carboxylic acids is 1. The molecular formula is C15H11ClO3. The molecule has 19 heavy (non-hydrogen) atoms. The first kappa shape index (κ1) is 13.3. The summed E-state index contributed by atoms with van der Waals surface area (Å²) in [4.78, 5) is 22.0. The first-order valence-electron chi connectivity index (χ1n) is 5.67. The molecule has 0 amide bonds. The molecule has 2 aromatic rings. The van der Waals surface area contributed by atoms with Crippen molar-refractivity contribution in [3.05, 3.63) is 59.1 Å². The van der Waals surface area contributed by atoms with Crippen LogP contribution in [0.15, 0.2) is 48.5 Å². The summed E-state index contributed by atoms with van der Waals surface area (Å²) in [6, 6.07) is 14.2. The maximum absolute atomic E-state index is 11.5. The van der Waals surface area contributed by atoms with E-state index in [-0.39, 0.29) is 0 Å². The van der Waals surface area contributed by atoms with E-state index < -0.39 is 18.2 Å². The van der Waals surface area contributed by atoms with E-state index in [1.807, 2.05) is 12.1 Å². The minimum Gasteiger partial charge on any atom is -0.481 e. The van der Waals surface area contributed by atoms with Crippen LogP contribution >= 0.6 is 11.6 Å². The zero-order valence-corrected chi connectivity index (χ0v) is 10.7. The summed E-state index contributed by atoms with van der Waals surface area (Å²) < 4.78 is 0. The summed E-state index contributed by atoms with van der Waals surface area (Å²) in [6.45, 7) is 0. The molecule has 0 aromatic heterocycles. The number of benzene rings is 2. The first-order valence-corrected chi connectivity index (χ1v) is 6.05. The van der Waals surface area contributed by atoms with Crippen LogP contribution in [0.4, 0.5) is 0 Å². The fraction of sp³-hybridized carbons (Fsp3) is 0.0667. The molecule has 3 nitrogen and oxygen atoms in total. The van der Waals surface area contributed by atoms with Crippen LogP contribution in [0.3, 0.4) is 0 Å². The molecule has 0 aliphatic heterocycles. The highest BCUT2D eigenvalue weighted by molar-refractivity contribution is 6.30. The number of Topliss-reactive ketones (excluding diaryl/α,β-unsaturated/α-hetero) is 1. The second-order valence-corrected chi connectivity index (χ2v) is 4.51. The standard InChI is InChI=1S/C15H11ClO3/c16-13-7-5-11(6-8-13)10-1-3-12(4-2-10)14(17)9-15(18)19/h1-8H,9H2,(H,18,19). The van der Waals surface area contributed by atoms with Crippen LogP contribution < -0.4 is 0 Å². The predicted molar refractivity (Wildman–Crippen MR) is 73.5 cm³/mol. The normalized spacial score (nSPS) is 10.2. The zero-order chi connectivity index (χ0) is 13.8. The van der Waals surface area contributed by atoms with Crippen LogP contribution in [0, 0.1) is 0 Å². The van der Waals surface area contributed by atoms with Gasteiger partial charge in [-0.2, -0.15) is 0 Å². The highest BCUT2D eigenvalue weighted by Gasteiger charge is 2.10. The average molecular weight is 275 g/mol. The molecule has 0 saturated heterocycles. The molecule has 0 unspecified atom stereocenters. The Morgan fingerprint density at radius 1 is 0.895 bits per heavy atom. The van der Waals surface area contributed by atoms with Gasteiger partial charge in [0.1, 0.15) is 6.42 Å². The van der Waals surface area contributed by atoms with Gasteiger partial charge in [0.25, 0.3) is 0 Å². The Hall–Kier alpha value is -2.13. The molecule has 0 fully saturated rings. The number of carbonyl (C=O) groups is 2. The number of hydrogen-bond acceptors (Lipinski definition) is 2. The van der Waals surface area contributed by atoms with Crippen LogP contribution in [0.25, 0.3) is 11.1 Å². The van der Waals surface area contributed by atoms with Gasteiger partial charge in [0.05, 0.1) is 0 Å². The average Bonchev–Trinajstić information content (AvgIpc) is 2.39. The van der Waals surface area contributed by atoms with Crippen LogP contribution in [0.1, 0.15) is 16.8 Å². The van der Waals surface area contributed by atoms with Gasteiger partial charge in [-0.3, -0.25) is 9.59 Å². The minimum atomic E-state index is -1.12. The molecule has 2 rings (SSSR count). The van der Waals surface area contributed by atoms with Gasteiger partial charge in [-0.25, -0.2) is 0 Å². The van der Waals surface area contributed by atoms with E-state index in [0.717, 1.165) is 11.1 Å². The third-order valence-corrected chi connectivity index (χ3v) is 2.95. The lowest BCUT2D eigenvalue weighted by molar-refractivity contribution is -0.135. The number of carbonyl (C=O) groups excluding carboxylic acids is 1. The summed E-state index contributed by atoms with van der Waals surface area (Å²) in [5.74, 6) is -1.51. The number of halogens is 1. The summed E-state index contributed by atoms with van der Waals surface area (Å²) in [6.07, 6.45) is -0.486. The molecule has 4 heteroatoms. The van der Waals surface area contributed by atoms with Crippen LogP contribution in [0.5, 0.6) is 0 Å². The number of hydrogen-bond donors (Lipinski definition) is 1. The Balaban J connectivity index is 2.21. The first-order chi connectivity index (χ1) is 9.06. The maximum Gasteiger partial charge on any atom is 0.311 e. The van der Waals surface area contributed by atoms with Gasteiger partial charge in [-0.05, 0) is 23.3 Å². The number of ketones is 1. The molecule has 0 spiro atoms. The largest absolute Gasteiger partial charge is 0.481 e. The molecule has 2 aromatic carbocycles. The summed E-state index contributed by atoms with van der Waals surface area (Å²) in [5.41, 5.74) is 2.34. The van der Waals surface area contributed by atoms with Gasteiger partial charge in [-0.1, -0.05) is 48.0 Å². The smallest absolute Gasteiger partial charge is 0.311 e. The Bertz CT molecular complexity index is 600. The van der Waals surface area contributed by atoms with E-state index in [1.54, 1.807) is 36.4 Å². The molecular weight excluding hydrogens is 264 g/mol. The van der Waals surface area contributed by atoms with Crippen molar-refractivity contribution in [2.24, 2.45) is 0 Å². The summed E-state index contributed by atoms with van der Waals surface area (Å²) in [5, 5.41) is 9.23. The van der Waals surface area contributed by atoms with Crippen molar-refractivity contribution in [2.75, 3.05) is 0 Å². The SMILES string of the molecule is O=C(O)CC(=O)c1ccc(-c2ccc(Cl)cc2)cc1. The van der Waals surface area contributed by atoms with Crippen molar-refractivity contribution in [1.29, 1.82) is 0 Å². The Labute approximate surface area is 115 Å². The van der Waals surface area contributed by atoms with Gasteiger partial charge in [0, 0.05) is 10.6 Å². The van der Waals surface area contributed by atoms with Crippen LogP contribution in [-0.2, 0) is 4.79 Å². The van der Waals surface area contributed by atoms with Crippen LogP contribution in [0.2, 0.25) is 5.02 Å². The monoisotopic (exact) mass is 274 g/mol. The lowest BCUT2D eigenvalue weighted by Crippen LogP contribution is -2.06. The third-order valence-electron chi connectivity index (χ3n) is 2.70. The van der Waals surface area contributed by atoms with Crippen molar-refractivity contribution in [2.45, 2.75) is 6.42 Å². The van der Waals surface area contributed by atoms with E-state index in [9.17, 15) is 9.59 Å². The van der Waals surface area contributed by atoms with E-state index in [0.29, 0.717) is 10.6 Å². The molecule has 0 aliphatic carbocycles. The highest BCUT2D eigenvalue weighted by Crippen LogP contribution is 2.22.